The number of piperidine rings is 2. The zero-order chi connectivity index (χ0) is 24.0. The van der Waals surface area contributed by atoms with Gasteiger partial charge in [0.25, 0.3) is 11.8 Å². The lowest BCUT2D eigenvalue weighted by Crippen LogP contribution is -2.59. The summed E-state index contributed by atoms with van der Waals surface area (Å²) in [5.41, 5.74) is -0.431. The fraction of sp³-hybridized carbons (Fsp3) is 0.391. The number of halogens is 4. The highest BCUT2D eigenvalue weighted by atomic mass is 19.4. The van der Waals surface area contributed by atoms with Crippen molar-refractivity contribution in [2.45, 2.75) is 44.5 Å². The SMILES string of the molecule is Cc1noc(-c2cc(F)ccc2C(=O)N2C[C@@H]3CC[C@H]2[C@H](Oc2ccc(C(F)(F)F)cn2)C3)n1. The summed E-state index contributed by atoms with van der Waals surface area (Å²) in [6, 6.07) is 5.58. The van der Waals surface area contributed by atoms with Crippen molar-refractivity contribution in [3.8, 4) is 17.3 Å². The van der Waals surface area contributed by atoms with E-state index < -0.39 is 23.7 Å². The van der Waals surface area contributed by atoms with E-state index in [4.69, 9.17) is 9.26 Å². The first-order valence-corrected chi connectivity index (χ1v) is 10.8. The molecule has 0 unspecified atom stereocenters. The monoisotopic (exact) mass is 476 g/mol. The lowest BCUT2D eigenvalue weighted by molar-refractivity contribution is -0.137. The molecule has 34 heavy (non-hydrogen) atoms. The minimum atomic E-state index is -4.48. The standard InChI is InChI=1S/C23H20F4N4O3/c1-12-29-21(34-30-12)17-9-15(24)4-5-16(17)22(32)31-11-13-2-6-18(31)19(8-13)33-20-7-3-14(10-28-20)23(25,26)27/h3-5,7,9-10,13,18-19H,2,6,8,11H2,1H3/t13-,18+,19-/m1/s1. The summed E-state index contributed by atoms with van der Waals surface area (Å²) in [6.45, 7) is 2.12. The quantitative estimate of drug-likeness (QED) is 0.509. The largest absolute Gasteiger partial charge is 0.472 e. The van der Waals surface area contributed by atoms with Crippen molar-refractivity contribution >= 4 is 5.91 Å². The Morgan fingerprint density at radius 2 is 2.03 bits per heavy atom. The van der Waals surface area contributed by atoms with Gasteiger partial charge in [0, 0.05) is 18.8 Å². The molecule has 0 spiro atoms. The highest BCUT2D eigenvalue weighted by Crippen LogP contribution is 2.39. The average molecular weight is 476 g/mol. The molecule has 1 aromatic carbocycles. The van der Waals surface area contributed by atoms with Gasteiger partial charge in [0.15, 0.2) is 5.82 Å². The second-order valence-electron chi connectivity index (χ2n) is 8.58. The molecular weight excluding hydrogens is 456 g/mol. The number of pyridine rings is 1. The summed E-state index contributed by atoms with van der Waals surface area (Å²) < 4.78 is 63.6. The first kappa shape index (κ1) is 22.3. The number of aromatic nitrogens is 3. The highest BCUT2D eigenvalue weighted by Gasteiger charge is 2.45. The van der Waals surface area contributed by atoms with Crippen LogP contribution in [0.15, 0.2) is 41.1 Å². The Labute approximate surface area is 191 Å². The fourth-order valence-electron chi connectivity index (χ4n) is 4.71. The van der Waals surface area contributed by atoms with E-state index >= 15 is 0 Å². The van der Waals surface area contributed by atoms with E-state index in [9.17, 15) is 22.4 Å². The van der Waals surface area contributed by atoms with Gasteiger partial charge >= 0.3 is 6.18 Å². The number of hydrogen-bond donors (Lipinski definition) is 0. The van der Waals surface area contributed by atoms with Crippen molar-refractivity contribution < 1.29 is 31.6 Å². The molecule has 11 heteroatoms. The molecule has 2 bridgehead atoms. The molecule has 3 aromatic rings. The topological polar surface area (TPSA) is 81.4 Å². The van der Waals surface area contributed by atoms with E-state index in [-0.39, 0.29) is 40.8 Å². The van der Waals surface area contributed by atoms with Crippen molar-refractivity contribution in [3.05, 3.63) is 59.3 Å². The van der Waals surface area contributed by atoms with Crippen LogP contribution in [-0.2, 0) is 6.18 Å². The lowest BCUT2D eigenvalue weighted by Gasteiger charge is -2.49. The number of ether oxygens (including phenoxy) is 1. The minimum Gasteiger partial charge on any atom is -0.472 e. The van der Waals surface area contributed by atoms with Crippen LogP contribution < -0.4 is 4.74 Å². The predicted molar refractivity (Wildman–Crippen MR) is 110 cm³/mol. The molecule has 2 aromatic heterocycles. The Balaban J connectivity index is 1.40. The summed E-state index contributed by atoms with van der Waals surface area (Å²) in [7, 11) is 0. The van der Waals surface area contributed by atoms with Crippen LogP contribution in [0.25, 0.3) is 11.5 Å². The summed E-state index contributed by atoms with van der Waals surface area (Å²) >= 11 is 0. The number of carbonyl (C=O) groups is 1. The number of aryl methyl sites for hydroxylation is 1. The van der Waals surface area contributed by atoms with Crippen LogP contribution in [0.3, 0.4) is 0 Å². The summed E-state index contributed by atoms with van der Waals surface area (Å²) in [6.07, 6.45) is -1.92. The van der Waals surface area contributed by atoms with Crippen molar-refractivity contribution in [3.63, 3.8) is 0 Å². The minimum absolute atomic E-state index is 0.0456. The average Bonchev–Trinajstić information content (AvgIpc) is 3.25. The Bertz CT molecular complexity index is 1210. The van der Waals surface area contributed by atoms with Gasteiger partial charge < -0.3 is 14.2 Å². The van der Waals surface area contributed by atoms with Crippen LogP contribution in [0.1, 0.15) is 41.0 Å². The third-order valence-electron chi connectivity index (χ3n) is 6.29. The molecule has 3 fully saturated rings. The van der Waals surface area contributed by atoms with Crippen LogP contribution >= 0.6 is 0 Å². The Morgan fingerprint density at radius 1 is 1.21 bits per heavy atom. The zero-order valence-electron chi connectivity index (χ0n) is 18.1. The normalized spacial score (nSPS) is 22.1. The maximum Gasteiger partial charge on any atom is 0.417 e. The molecule has 3 aliphatic rings. The Hall–Kier alpha value is -3.50. The molecule has 1 saturated carbocycles. The molecule has 3 atom stereocenters. The van der Waals surface area contributed by atoms with Gasteiger partial charge in [-0.1, -0.05) is 5.16 Å². The van der Waals surface area contributed by atoms with Crippen LogP contribution in [-0.4, -0.2) is 44.6 Å². The second-order valence-corrected chi connectivity index (χ2v) is 8.58. The maximum atomic E-state index is 14.0. The van der Waals surface area contributed by atoms with E-state index in [0.29, 0.717) is 25.2 Å². The molecule has 1 amide bonds. The van der Waals surface area contributed by atoms with Gasteiger partial charge in [-0.3, -0.25) is 4.79 Å². The van der Waals surface area contributed by atoms with Gasteiger partial charge in [-0.25, -0.2) is 9.37 Å². The van der Waals surface area contributed by atoms with Crippen molar-refractivity contribution in [1.82, 2.24) is 20.0 Å². The molecule has 1 aliphatic carbocycles. The summed E-state index contributed by atoms with van der Waals surface area (Å²) in [5, 5.41) is 3.72. The first-order chi connectivity index (χ1) is 16.2. The van der Waals surface area contributed by atoms with Crippen LogP contribution in [0.5, 0.6) is 5.88 Å². The van der Waals surface area contributed by atoms with E-state index in [0.717, 1.165) is 18.7 Å². The molecule has 0 N–H and O–H groups in total. The van der Waals surface area contributed by atoms with Crippen molar-refractivity contribution in [2.24, 2.45) is 5.92 Å². The van der Waals surface area contributed by atoms with Crippen LogP contribution in [0.2, 0.25) is 0 Å². The maximum absolute atomic E-state index is 14.0. The highest BCUT2D eigenvalue weighted by molar-refractivity contribution is 6.00. The molecule has 6 rings (SSSR count). The van der Waals surface area contributed by atoms with E-state index in [1.54, 1.807) is 11.8 Å². The third-order valence-corrected chi connectivity index (χ3v) is 6.29. The van der Waals surface area contributed by atoms with Gasteiger partial charge in [0.05, 0.1) is 22.7 Å². The van der Waals surface area contributed by atoms with E-state index in [2.05, 4.69) is 15.1 Å². The molecule has 2 saturated heterocycles. The summed E-state index contributed by atoms with van der Waals surface area (Å²) in [4.78, 5) is 23.2. The van der Waals surface area contributed by atoms with Gasteiger partial charge in [-0.2, -0.15) is 18.2 Å². The fourth-order valence-corrected chi connectivity index (χ4v) is 4.71. The molecule has 7 nitrogen and oxygen atoms in total. The molecule has 178 valence electrons. The summed E-state index contributed by atoms with van der Waals surface area (Å²) in [5.74, 6) is -0.229. The number of amides is 1. The predicted octanol–water partition coefficient (Wildman–Crippen LogP) is 4.67. The van der Waals surface area contributed by atoms with E-state index in [1.807, 2.05) is 0 Å². The first-order valence-electron chi connectivity index (χ1n) is 10.8. The smallest absolute Gasteiger partial charge is 0.417 e. The molecular formula is C23H20F4N4O3. The van der Waals surface area contributed by atoms with Gasteiger partial charge in [0.2, 0.25) is 5.88 Å². The van der Waals surface area contributed by atoms with Gasteiger partial charge in [0.1, 0.15) is 11.9 Å². The second kappa shape index (κ2) is 8.37. The Kier molecular flexibility index (Phi) is 5.49. The third kappa shape index (κ3) is 4.22. The number of alkyl halides is 3. The van der Waals surface area contributed by atoms with Gasteiger partial charge in [-0.15, -0.1) is 0 Å². The van der Waals surface area contributed by atoms with Crippen molar-refractivity contribution in [2.75, 3.05) is 6.54 Å². The number of nitrogens with zero attached hydrogens (tertiary/aromatic N) is 4. The number of fused-ring (bicyclic) bond motifs is 3. The number of carbonyl (C=O) groups excluding carboxylic acids is 1. The molecule has 0 radical (unpaired) electrons. The molecule has 2 aliphatic heterocycles. The van der Waals surface area contributed by atoms with Crippen molar-refractivity contribution in [1.29, 1.82) is 0 Å². The zero-order valence-corrected chi connectivity index (χ0v) is 18.1. The van der Waals surface area contributed by atoms with Gasteiger partial charge in [-0.05, 0) is 56.4 Å². The molecule has 4 heterocycles. The Morgan fingerprint density at radius 3 is 2.68 bits per heavy atom. The van der Waals surface area contributed by atoms with Crippen LogP contribution in [0, 0.1) is 18.7 Å². The lowest BCUT2D eigenvalue weighted by atomic mass is 9.77. The number of rotatable bonds is 4. The van der Waals surface area contributed by atoms with Crippen LogP contribution in [0.4, 0.5) is 17.6 Å². The van der Waals surface area contributed by atoms with E-state index in [1.165, 1.54) is 24.3 Å². The number of benzene rings is 1. The number of hydrogen-bond acceptors (Lipinski definition) is 6.